The van der Waals surface area contributed by atoms with Gasteiger partial charge in [-0.05, 0) is 6.42 Å². The molecule has 0 aromatic heterocycles. The molecule has 67 valence electrons. The van der Waals surface area contributed by atoms with Gasteiger partial charge >= 0.3 is 6.18 Å². The SMILES string of the molecule is [CH2]CCCOCCC(F)(F)F. The molecule has 0 spiro atoms. The van der Waals surface area contributed by atoms with E-state index in [1.54, 1.807) is 0 Å². The predicted molar refractivity (Wildman–Crippen MR) is 36.1 cm³/mol. The molecule has 0 fully saturated rings. The molecular weight excluding hydrogens is 157 g/mol. The first-order chi connectivity index (χ1) is 5.06. The molecule has 0 aromatic rings. The van der Waals surface area contributed by atoms with Crippen molar-refractivity contribution >= 4 is 0 Å². The average Bonchev–Trinajstić information content (AvgIpc) is 1.85. The predicted octanol–water partition coefficient (Wildman–Crippen LogP) is 2.57. The zero-order chi connectivity index (χ0) is 8.74. The van der Waals surface area contributed by atoms with Gasteiger partial charge in [-0.3, -0.25) is 0 Å². The summed E-state index contributed by atoms with van der Waals surface area (Å²) in [6.07, 6.45) is -3.53. The van der Waals surface area contributed by atoms with Gasteiger partial charge < -0.3 is 4.74 Å². The van der Waals surface area contributed by atoms with Gasteiger partial charge in [0.05, 0.1) is 13.0 Å². The van der Waals surface area contributed by atoms with E-state index in [-0.39, 0.29) is 6.61 Å². The average molecular weight is 169 g/mol. The summed E-state index contributed by atoms with van der Waals surface area (Å²) in [7, 11) is 0. The Morgan fingerprint density at radius 2 is 1.82 bits per heavy atom. The van der Waals surface area contributed by atoms with E-state index >= 15 is 0 Å². The van der Waals surface area contributed by atoms with Crippen molar-refractivity contribution in [3.63, 3.8) is 0 Å². The molecule has 1 radical (unpaired) electrons. The highest BCUT2D eigenvalue weighted by Crippen LogP contribution is 2.18. The van der Waals surface area contributed by atoms with Crippen molar-refractivity contribution in [3.05, 3.63) is 6.92 Å². The maximum Gasteiger partial charge on any atom is 0.391 e. The van der Waals surface area contributed by atoms with E-state index < -0.39 is 12.6 Å². The van der Waals surface area contributed by atoms with Gasteiger partial charge in [0.15, 0.2) is 0 Å². The first-order valence-electron chi connectivity index (χ1n) is 3.50. The summed E-state index contributed by atoms with van der Waals surface area (Å²) in [4.78, 5) is 0. The van der Waals surface area contributed by atoms with E-state index in [2.05, 4.69) is 6.92 Å². The van der Waals surface area contributed by atoms with E-state index in [0.29, 0.717) is 13.0 Å². The van der Waals surface area contributed by atoms with Crippen LogP contribution in [0, 0.1) is 6.92 Å². The second-order valence-corrected chi connectivity index (χ2v) is 2.18. The standard InChI is InChI=1S/C7H12F3O/c1-2-3-5-11-6-4-7(8,9)10/h1-6H2. The molecule has 0 aliphatic heterocycles. The highest BCUT2D eigenvalue weighted by molar-refractivity contribution is 4.48. The summed E-state index contributed by atoms with van der Waals surface area (Å²) in [5.74, 6) is 0. The molecule has 0 aliphatic carbocycles. The van der Waals surface area contributed by atoms with Gasteiger partial charge in [-0.1, -0.05) is 13.3 Å². The Hall–Kier alpha value is -0.250. The van der Waals surface area contributed by atoms with E-state index in [0.717, 1.165) is 6.42 Å². The summed E-state index contributed by atoms with van der Waals surface area (Å²) in [6.45, 7) is 3.67. The van der Waals surface area contributed by atoms with Crippen LogP contribution in [0.2, 0.25) is 0 Å². The number of ether oxygens (including phenoxy) is 1. The fourth-order valence-corrected chi connectivity index (χ4v) is 0.494. The van der Waals surface area contributed by atoms with Crippen molar-refractivity contribution in [2.24, 2.45) is 0 Å². The normalized spacial score (nSPS) is 12.0. The number of alkyl halides is 3. The minimum absolute atomic E-state index is 0.233. The molecule has 0 atom stereocenters. The fourth-order valence-electron chi connectivity index (χ4n) is 0.494. The molecule has 0 N–H and O–H groups in total. The van der Waals surface area contributed by atoms with Crippen LogP contribution in [0.4, 0.5) is 13.2 Å². The monoisotopic (exact) mass is 169 g/mol. The number of hydrogen-bond acceptors (Lipinski definition) is 1. The van der Waals surface area contributed by atoms with Gasteiger partial charge in [0.2, 0.25) is 0 Å². The Bertz CT molecular complexity index is 90.2. The molecule has 0 rings (SSSR count). The summed E-state index contributed by atoms with van der Waals surface area (Å²) < 4.78 is 39.1. The third-order valence-electron chi connectivity index (χ3n) is 1.07. The molecular formula is C7H12F3O. The van der Waals surface area contributed by atoms with Crippen LogP contribution in [0.1, 0.15) is 19.3 Å². The van der Waals surface area contributed by atoms with Crippen LogP contribution in [0.3, 0.4) is 0 Å². The van der Waals surface area contributed by atoms with Crippen LogP contribution >= 0.6 is 0 Å². The lowest BCUT2D eigenvalue weighted by atomic mass is 10.4. The summed E-state index contributed by atoms with van der Waals surface area (Å²) in [6, 6.07) is 0. The van der Waals surface area contributed by atoms with E-state index in [9.17, 15) is 13.2 Å². The first kappa shape index (κ1) is 10.8. The highest BCUT2D eigenvalue weighted by Gasteiger charge is 2.26. The second kappa shape index (κ2) is 5.41. The third-order valence-corrected chi connectivity index (χ3v) is 1.07. The molecule has 0 amide bonds. The maximum absolute atomic E-state index is 11.5. The summed E-state index contributed by atoms with van der Waals surface area (Å²) >= 11 is 0. The van der Waals surface area contributed by atoms with Crippen molar-refractivity contribution in [2.45, 2.75) is 25.4 Å². The molecule has 0 aliphatic rings. The Labute approximate surface area is 64.5 Å². The Kier molecular flexibility index (Phi) is 5.28. The number of unbranched alkanes of at least 4 members (excludes halogenated alkanes) is 1. The molecule has 0 saturated carbocycles. The lowest BCUT2D eigenvalue weighted by molar-refractivity contribution is -0.145. The Morgan fingerprint density at radius 3 is 2.27 bits per heavy atom. The molecule has 1 nitrogen and oxygen atoms in total. The molecule has 4 heteroatoms. The van der Waals surface area contributed by atoms with Gasteiger partial charge in [0.25, 0.3) is 0 Å². The number of halogens is 3. The van der Waals surface area contributed by atoms with Crippen molar-refractivity contribution < 1.29 is 17.9 Å². The van der Waals surface area contributed by atoms with Crippen LogP contribution in [0.25, 0.3) is 0 Å². The van der Waals surface area contributed by atoms with Crippen molar-refractivity contribution in [1.29, 1.82) is 0 Å². The van der Waals surface area contributed by atoms with Crippen LogP contribution in [0.15, 0.2) is 0 Å². The zero-order valence-corrected chi connectivity index (χ0v) is 6.28. The van der Waals surface area contributed by atoms with Gasteiger partial charge in [-0.2, -0.15) is 13.2 Å². The molecule has 0 unspecified atom stereocenters. The minimum Gasteiger partial charge on any atom is -0.381 e. The molecule has 11 heavy (non-hydrogen) atoms. The fraction of sp³-hybridized carbons (Fsp3) is 0.857. The molecule has 0 aromatic carbocycles. The van der Waals surface area contributed by atoms with E-state index in [1.807, 2.05) is 0 Å². The lowest BCUT2D eigenvalue weighted by Gasteiger charge is -2.05. The van der Waals surface area contributed by atoms with E-state index in [4.69, 9.17) is 4.74 Å². The zero-order valence-electron chi connectivity index (χ0n) is 6.28. The third kappa shape index (κ3) is 9.75. The van der Waals surface area contributed by atoms with Gasteiger partial charge in [-0.15, -0.1) is 0 Å². The Morgan fingerprint density at radius 1 is 1.18 bits per heavy atom. The quantitative estimate of drug-likeness (QED) is 0.575. The largest absolute Gasteiger partial charge is 0.391 e. The smallest absolute Gasteiger partial charge is 0.381 e. The molecule has 0 bridgehead atoms. The number of hydrogen-bond donors (Lipinski definition) is 0. The van der Waals surface area contributed by atoms with Crippen molar-refractivity contribution in [1.82, 2.24) is 0 Å². The molecule has 0 saturated heterocycles. The molecule has 0 heterocycles. The van der Waals surface area contributed by atoms with Crippen LogP contribution in [0.5, 0.6) is 0 Å². The second-order valence-electron chi connectivity index (χ2n) is 2.18. The minimum atomic E-state index is -4.09. The Balaban J connectivity index is 3.02. The summed E-state index contributed by atoms with van der Waals surface area (Å²) in [5.41, 5.74) is 0. The lowest BCUT2D eigenvalue weighted by Crippen LogP contribution is -2.11. The topological polar surface area (TPSA) is 9.23 Å². The van der Waals surface area contributed by atoms with Crippen molar-refractivity contribution in [2.75, 3.05) is 13.2 Å². The van der Waals surface area contributed by atoms with Gasteiger partial charge in [0, 0.05) is 6.61 Å². The van der Waals surface area contributed by atoms with Crippen LogP contribution in [-0.2, 0) is 4.74 Å². The summed E-state index contributed by atoms with van der Waals surface area (Å²) in [5, 5.41) is 0. The number of rotatable bonds is 5. The van der Waals surface area contributed by atoms with Gasteiger partial charge in [0.1, 0.15) is 0 Å². The highest BCUT2D eigenvalue weighted by atomic mass is 19.4. The van der Waals surface area contributed by atoms with Crippen molar-refractivity contribution in [3.8, 4) is 0 Å². The first-order valence-corrected chi connectivity index (χ1v) is 3.50. The van der Waals surface area contributed by atoms with Crippen LogP contribution < -0.4 is 0 Å². The van der Waals surface area contributed by atoms with Crippen LogP contribution in [-0.4, -0.2) is 19.4 Å². The van der Waals surface area contributed by atoms with E-state index in [1.165, 1.54) is 0 Å². The van der Waals surface area contributed by atoms with Gasteiger partial charge in [-0.25, -0.2) is 0 Å². The maximum atomic E-state index is 11.5.